The van der Waals surface area contributed by atoms with Crippen molar-refractivity contribution >= 4 is 11.6 Å². The summed E-state index contributed by atoms with van der Waals surface area (Å²) in [4.78, 5) is 12.3. The number of anilines is 1. The van der Waals surface area contributed by atoms with Gasteiger partial charge in [-0.1, -0.05) is 6.42 Å². The Hall–Kier alpha value is -1.72. The number of halogens is 3. The van der Waals surface area contributed by atoms with Crippen molar-refractivity contribution in [1.82, 2.24) is 5.32 Å². The third kappa shape index (κ3) is 3.20. The van der Waals surface area contributed by atoms with Crippen LogP contribution in [0.3, 0.4) is 0 Å². The van der Waals surface area contributed by atoms with Gasteiger partial charge in [-0.05, 0) is 49.4 Å². The molecule has 2 unspecified atom stereocenters. The molecule has 6 heteroatoms. The van der Waals surface area contributed by atoms with Gasteiger partial charge in [0.15, 0.2) is 0 Å². The van der Waals surface area contributed by atoms with Gasteiger partial charge in [-0.3, -0.25) is 4.79 Å². The Labute approximate surface area is 127 Å². The number of alkyl halides is 3. The van der Waals surface area contributed by atoms with Gasteiger partial charge in [0.1, 0.15) is 0 Å². The van der Waals surface area contributed by atoms with Crippen molar-refractivity contribution in [3.63, 3.8) is 0 Å². The van der Waals surface area contributed by atoms with Gasteiger partial charge in [-0.15, -0.1) is 0 Å². The molecular formula is C16H19F3N2O. The molecule has 0 radical (unpaired) electrons. The molecule has 120 valence electrons. The minimum atomic E-state index is -4.16. The second kappa shape index (κ2) is 5.82. The molecule has 2 N–H and O–H groups in total. The van der Waals surface area contributed by atoms with E-state index in [1.54, 1.807) is 6.07 Å². The van der Waals surface area contributed by atoms with E-state index in [4.69, 9.17) is 0 Å². The van der Waals surface area contributed by atoms with Crippen LogP contribution in [0.25, 0.3) is 0 Å². The van der Waals surface area contributed by atoms with Crippen molar-refractivity contribution in [3.8, 4) is 0 Å². The van der Waals surface area contributed by atoms with E-state index in [1.807, 2.05) is 12.1 Å². The number of hydrogen-bond acceptors (Lipinski definition) is 2. The molecule has 0 aromatic heterocycles. The first-order valence-electron chi connectivity index (χ1n) is 7.68. The molecule has 0 bridgehead atoms. The summed E-state index contributed by atoms with van der Waals surface area (Å²) in [5.41, 5.74) is 2.65. The van der Waals surface area contributed by atoms with Gasteiger partial charge in [-0.25, -0.2) is 0 Å². The van der Waals surface area contributed by atoms with Crippen LogP contribution >= 0.6 is 0 Å². The smallest absolute Gasteiger partial charge is 0.384 e. The SMILES string of the molecule is O=C(NC1CCCC(C(F)(F)F)C1)c1ccc2c(c1)CCN2. The fraction of sp³-hybridized carbons (Fsp3) is 0.562. The molecular weight excluding hydrogens is 293 g/mol. The summed E-state index contributed by atoms with van der Waals surface area (Å²) in [6, 6.07) is 5.02. The molecule has 22 heavy (non-hydrogen) atoms. The molecule has 2 aliphatic rings. The van der Waals surface area contributed by atoms with Crippen molar-refractivity contribution in [2.45, 2.75) is 44.3 Å². The van der Waals surface area contributed by atoms with Gasteiger partial charge < -0.3 is 10.6 Å². The number of amides is 1. The topological polar surface area (TPSA) is 41.1 Å². The van der Waals surface area contributed by atoms with E-state index < -0.39 is 12.1 Å². The Morgan fingerprint density at radius 1 is 1.27 bits per heavy atom. The molecule has 1 heterocycles. The lowest BCUT2D eigenvalue weighted by molar-refractivity contribution is -0.183. The molecule has 2 atom stereocenters. The van der Waals surface area contributed by atoms with E-state index >= 15 is 0 Å². The van der Waals surface area contributed by atoms with E-state index in [9.17, 15) is 18.0 Å². The quantitative estimate of drug-likeness (QED) is 0.877. The normalized spacial score (nSPS) is 24.5. The average molecular weight is 312 g/mol. The molecule has 1 fully saturated rings. The van der Waals surface area contributed by atoms with Crippen LogP contribution < -0.4 is 10.6 Å². The van der Waals surface area contributed by atoms with Gasteiger partial charge in [0.2, 0.25) is 0 Å². The summed E-state index contributed by atoms with van der Waals surface area (Å²) in [6.07, 6.45) is -2.02. The molecule has 1 aliphatic carbocycles. The van der Waals surface area contributed by atoms with Crippen LogP contribution in [0.5, 0.6) is 0 Å². The van der Waals surface area contributed by atoms with Crippen LogP contribution in [0, 0.1) is 5.92 Å². The van der Waals surface area contributed by atoms with Crippen LogP contribution in [-0.2, 0) is 6.42 Å². The van der Waals surface area contributed by atoms with E-state index in [-0.39, 0.29) is 24.8 Å². The number of nitrogens with one attached hydrogen (secondary N) is 2. The molecule has 1 aromatic carbocycles. The lowest BCUT2D eigenvalue weighted by Crippen LogP contribution is -2.41. The average Bonchev–Trinajstić information content (AvgIpc) is 2.94. The summed E-state index contributed by atoms with van der Waals surface area (Å²) in [5, 5.41) is 5.98. The van der Waals surface area contributed by atoms with Crippen LogP contribution in [0.15, 0.2) is 18.2 Å². The van der Waals surface area contributed by atoms with E-state index in [0.717, 1.165) is 24.2 Å². The van der Waals surface area contributed by atoms with Crippen LogP contribution in [0.1, 0.15) is 41.6 Å². The maximum atomic E-state index is 12.8. The summed E-state index contributed by atoms with van der Waals surface area (Å²) in [7, 11) is 0. The molecule has 3 nitrogen and oxygen atoms in total. The maximum absolute atomic E-state index is 12.8. The molecule has 3 rings (SSSR count). The van der Waals surface area contributed by atoms with Gasteiger partial charge in [0.25, 0.3) is 5.91 Å². The number of carbonyl (C=O) groups is 1. The predicted octanol–water partition coefficient (Wildman–Crippen LogP) is 3.51. The Kier molecular flexibility index (Phi) is 4.02. The molecule has 0 saturated heterocycles. The second-order valence-electron chi connectivity index (χ2n) is 6.12. The zero-order chi connectivity index (χ0) is 15.7. The van der Waals surface area contributed by atoms with Gasteiger partial charge in [-0.2, -0.15) is 13.2 Å². The van der Waals surface area contributed by atoms with E-state index in [2.05, 4.69) is 10.6 Å². The summed E-state index contributed by atoms with van der Waals surface area (Å²) < 4.78 is 38.4. The first-order chi connectivity index (χ1) is 10.4. The van der Waals surface area contributed by atoms with Crippen molar-refractivity contribution in [1.29, 1.82) is 0 Å². The summed E-state index contributed by atoms with van der Waals surface area (Å²) in [5.74, 6) is -1.57. The van der Waals surface area contributed by atoms with Gasteiger partial charge in [0, 0.05) is 23.8 Å². The molecule has 1 aromatic rings. The number of fused-ring (bicyclic) bond motifs is 1. The van der Waals surface area contributed by atoms with Crippen molar-refractivity contribution in [3.05, 3.63) is 29.3 Å². The highest BCUT2D eigenvalue weighted by molar-refractivity contribution is 5.95. The monoisotopic (exact) mass is 312 g/mol. The fourth-order valence-electron chi connectivity index (χ4n) is 3.33. The Bertz CT molecular complexity index is 571. The first kappa shape index (κ1) is 15.2. The lowest BCUT2D eigenvalue weighted by Gasteiger charge is -2.31. The summed E-state index contributed by atoms with van der Waals surface area (Å²) >= 11 is 0. The molecule has 1 amide bonds. The standard InChI is InChI=1S/C16H19F3N2O/c17-16(18,19)12-2-1-3-13(9-12)21-15(22)11-4-5-14-10(8-11)6-7-20-14/h4-5,8,12-13,20H,1-3,6-7,9H2,(H,21,22). The number of carbonyl (C=O) groups excluding carboxylic acids is 1. The highest BCUT2D eigenvalue weighted by Crippen LogP contribution is 2.37. The fourth-order valence-corrected chi connectivity index (χ4v) is 3.33. The van der Waals surface area contributed by atoms with Crippen molar-refractivity contribution in [2.24, 2.45) is 5.92 Å². The van der Waals surface area contributed by atoms with E-state index in [0.29, 0.717) is 18.4 Å². The van der Waals surface area contributed by atoms with Gasteiger partial charge >= 0.3 is 6.18 Å². The van der Waals surface area contributed by atoms with Crippen molar-refractivity contribution in [2.75, 3.05) is 11.9 Å². The molecule has 1 saturated carbocycles. The lowest BCUT2D eigenvalue weighted by atomic mass is 9.85. The number of benzene rings is 1. The number of rotatable bonds is 2. The zero-order valence-corrected chi connectivity index (χ0v) is 12.2. The van der Waals surface area contributed by atoms with Crippen molar-refractivity contribution < 1.29 is 18.0 Å². The zero-order valence-electron chi connectivity index (χ0n) is 12.2. The second-order valence-corrected chi connectivity index (χ2v) is 6.12. The minimum absolute atomic E-state index is 0.0122. The van der Waals surface area contributed by atoms with Gasteiger partial charge in [0.05, 0.1) is 5.92 Å². The highest BCUT2D eigenvalue weighted by atomic mass is 19.4. The minimum Gasteiger partial charge on any atom is -0.384 e. The maximum Gasteiger partial charge on any atom is 0.391 e. The molecule has 0 spiro atoms. The third-order valence-corrected chi connectivity index (χ3v) is 4.55. The van der Waals surface area contributed by atoms with Crippen LogP contribution in [0.2, 0.25) is 0 Å². The summed E-state index contributed by atoms with van der Waals surface area (Å²) in [6.45, 7) is 0.857. The van der Waals surface area contributed by atoms with Crippen LogP contribution in [0.4, 0.5) is 18.9 Å². The molecule has 1 aliphatic heterocycles. The Morgan fingerprint density at radius 2 is 2.09 bits per heavy atom. The largest absolute Gasteiger partial charge is 0.391 e. The number of hydrogen-bond donors (Lipinski definition) is 2. The Balaban J connectivity index is 1.64. The Morgan fingerprint density at radius 3 is 2.86 bits per heavy atom. The first-order valence-corrected chi connectivity index (χ1v) is 7.68. The third-order valence-electron chi connectivity index (χ3n) is 4.55. The highest BCUT2D eigenvalue weighted by Gasteiger charge is 2.42. The predicted molar refractivity (Wildman–Crippen MR) is 77.9 cm³/mol. The van der Waals surface area contributed by atoms with Crippen LogP contribution in [-0.4, -0.2) is 24.7 Å². The van der Waals surface area contributed by atoms with E-state index in [1.165, 1.54) is 0 Å².